The normalized spacial score (nSPS) is 14.4. The Morgan fingerprint density at radius 2 is 1.93 bits per heavy atom. The molecule has 2 aromatic carbocycles. The van der Waals surface area contributed by atoms with Crippen LogP contribution in [0, 0.1) is 7.39 Å². The van der Waals surface area contributed by atoms with E-state index in [1.165, 1.54) is 0 Å². The summed E-state index contributed by atoms with van der Waals surface area (Å²) in [6.45, 7) is 4.18. The molecule has 0 N–H and O–H groups in total. The van der Waals surface area contributed by atoms with Crippen molar-refractivity contribution in [2.45, 2.75) is 19.4 Å². The summed E-state index contributed by atoms with van der Waals surface area (Å²) in [5.74, 6) is 0.748. The summed E-state index contributed by atoms with van der Waals surface area (Å²) in [6.07, 6.45) is 0. The second kappa shape index (κ2) is 6.95. The van der Waals surface area contributed by atoms with Gasteiger partial charge in [0, 0.05) is 14.7 Å². The predicted molar refractivity (Wildman–Crippen MR) is 124 cm³/mol. The van der Waals surface area contributed by atoms with Crippen molar-refractivity contribution in [2.75, 3.05) is 12.0 Å². The molecule has 138 valence electrons. The number of anilines is 1. The lowest BCUT2D eigenvalue weighted by molar-refractivity contribution is 0.0960. The molecule has 0 unspecified atom stereocenters. The summed E-state index contributed by atoms with van der Waals surface area (Å²) in [5.41, 5.74) is 3.10. The molecule has 0 fully saturated rings. The molecule has 1 amide bonds. The largest absolute Gasteiger partial charge is 0.497 e. The van der Waals surface area contributed by atoms with Crippen molar-refractivity contribution < 1.29 is 9.53 Å². The zero-order valence-corrected chi connectivity index (χ0v) is 19.5. The standard InChI is InChI=1S/C20H16INO2S3/c1-20(2)17-16(19(25)27-26-17)13-10-11(24-3)8-9-15(13)22(20)18(23)12-6-4-5-7-14(12)21/h4-10H,1-3H3. The minimum Gasteiger partial charge on any atom is -0.497 e. The second-order valence-corrected chi connectivity index (χ2v) is 10.7. The topological polar surface area (TPSA) is 29.5 Å². The maximum Gasteiger partial charge on any atom is 0.260 e. The first-order valence-electron chi connectivity index (χ1n) is 8.27. The quantitative estimate of drug-likeness (QED) is 0.212. The van der Waals surface area contributed by atoms with Gasteiger partial charge in [0.25, 0.3) is 5.91 Å². The fourth-order valence-corrected chi connectivity index (χ4v) is 7.35. The Bertz CT molecular complexity index is 1120. The first kappa shape index (κ1) is 19.0. The highest BCUT2D eigenvalue weighted by molar-refractivity contribution is 14.1. The Balaban J connectivity index is 2.00. The average Bonchev–Trinajstić information content (AvgIpc) is 3.04. The van der Waals surface area contributed by atoms with E-state index in [0.717, 1.165) is 34.8 Å². The highest BCUT2D eigenvalue weighted by Gasteiger charge is 2.43. The molecule has 1 aliphatic heterocycles. The second-order valence-electron chi connectivity index (χ2n) is 6.72. The lowest BCUT2D eigenvalue weighted by atomic mass is 9.86. The molecule has 0 aliphatic carbocycles. The number of ether oxygens (including phenoxy) is 1. The summed E-state index contributed by atoms with van der Waals surface area (Å²) >= 11 is 7.85. The van der Waals surface area contributed by atoms with Crippen LogP contribution in [0.2, 0.25) is 0 Å². The molecule has 7 heteroatoms. The van der Waals surface area contributed by atoms with Gasteiger partial charge < -0.3 is 4.74 Å². The fourth-order valence-electron chi connectivity index (χ4n) is 3.45. The van der Waals surface area contributed by atoms with Crippen LogP contribution in [0.15, 0.2) is 42.5 Å². The van der Waals surface area contributed by atoms with Crippen molar-refractivity contribution in [2.24, 2.45) is 0 Å². The van der Waals surface area contributed by atoms with E-state index in [0.29, 0.717) is 5.56 Å². The molecule has 0 spiro atoms. The van der Waals surface area contributed by atoms with E-state index in [-0.39, 0.29) is 5.91 Å². The molecule has 2 heterocycles. The minimum absolute atomic E-state index is 0.00798. The summed E-state index contributed by atoms with van der Waals surface area (Å²) < 4.78 is 7.23. The van der Waals surface area contributed by atoms with Crippen LogP contribution >= 0.6 is 55.5 Å². The van der Waals surface area contributed by atoms with Gasteiger partial charge in [-0.25, -0.2) is 0 Å². The van der Waals surface area contributed by atoms with Crippen LogP contribution in [-0.2, 0) is 5.54 Å². The maximum absolute atomic E-state index is 13.6. The smallest absolute Gasteiger partial charge is 0.260 e. The van der Waals surface area contributed by atoms with Gasteiger partial charge >= 0.3 is 0 Å². The molecule has 27 heavy (non-hydrogen) atoms. The van der Waals surface area contributed by atoms with Gasteiger partial charge in [0.1, 0.15) is 9.57 Å². The van der Waals surface area contributed by atoms with Crippen molar-refractivity contribution in [1.82, 2.24) is 0 Å². The van der Waals surface area contributed by atoms with E-state index in [1.807, 2.05) is 47.4 Å². The third-order valence-corrected chi connectivity index (χ3v) is 9.04. The number of carbonyl (C=O) groups excluding carboxylic acids is 1. The van der Waals surface area contributed by atoms with Crippen LogP contribution < -0.4 is 9.64 Å². The van der Waals surface area contributed by atoms with Gasteiger partial charge in [-0.1, -0.05) is 45.0 Å². The van der Waals surface area contributed by atoms with Crippen LogP contribution in [-0.4, -0.2) is 13.0 Å². The van der Waals surface area contributed by atoms with E-state index in [1.54, 1.807) is 27.8 Å². The highest BCUT2D eigenvalue weighted by atomic mass is 127. The molecule has 0 radical (unpaired) electrons. The SMILES string of the molecule is COc1ccc2c(c1)-c1c(ssc1=S)C(C)(C)N2C(=O)c1ccccc1I. The van der Waals surface area contributed by atoms with Crippen LogP contribution in [0.25, 0.3) is 11.1 Å². The summed E-state index contributed by atoms with van der Waals surface area (Å²) in [4.78, 5) is 16.7. The zero-order chi connectivity index (χ0) is 19.3. The average molecular weight is 525 g/mol. The zero-order valence-electron chi connectivity index (χ0n) is 14.9. The number of carbonyl (C=O) groups is 1. The Hall–Kier alpha value is -1.29. The van der Waals surface area contributed by atoms with E-state index in [9.17, 15) is 4.79 Å². The van der Waals surface area contributed by atoms with Gasteiger partial charge in [-0.15, -0.1) is 0 Å². The number of nitrogens with zero attached hydrogens (tertiary/aromatic N) is 1. The number of amides is 1. The predicted octanol–water partition coefficient (Wildman–Crippen LogP) is 6.71. The van der Waals surface area contributed by atoms with Gasteiger partial charge in [-0.05, 0) is 66.8 Å². The highest BCUT2D eigenvalue weighted by Crippen LogP contribution is 2.53. The third-order valence-electron chi connectivity index (χ3n) is 4.77. The molecule has 0 atom stereocenters. The Kier molecular flexibility index (Phi) is 4.90. The van der Waals surface area contributed by atoms with Crippen molar-refractivity contribution in [3.8, 4) is 16.9 Å². The lowest BCUT2D eigenvalue weighted by Crippen LogP contribution is -2.48. The number of hydrogen-bond acceptors (Lipinski definition) is 5. The van der Waals surface area contributed by atoms with E-state index in [4.69, 9.17) is 17.0 Å². The Labute approximate surface area is 184 Å². The third kappa shape index (κ3) is 2.95. The van der Waals surface area contributed by atoms with E-state index >= 15 is 0 Å². The fraction of sp³-hybridized carbons (Fsp3) is 0.200. The van der Waals surface area contributed by atoms with Crippen molar-refractivity contribution in [3.63, 3.8) is 0 Å². The van der Waals surface area contributed by atoms with Crippen LogP contribution in [0.5, 0.6) is 5.75 Å². The molecule has 1 aliphatic rings. The molecule has 1 aromatic heterocycles. The van der Waals surface area contributed by atoms with Gasteiger partial charge in [0.15, 0.2) is 0 Å². The Morgan fingerprint density at radius 3 is 2.63 bits per heavy atom. The number of hydrogen-bond donors (Lipinski definition) is 0. The van der Waals surface area contributed by atoms with Crippen LogP contribution in [0.1, 0.15) is 29.1 Å². The Morgan fingerprint density at radius 1 is 1.19 bits per heavy atom. The summed E-state index contributed by atoms with van der Waals surface area (Å²) in [7, 11) is 4.89. The number of fused-ring (bicyclic) bond motifs is 3. The first-order valence-corrected chi connectivity index (χ1v) is 11.9. The van der Waals surface area contributed by atoms with Crippen LogP contribution in [0.4, 0.5) is 5.69 Å². The molecule has 0 bridgehead atoms. The molecular formula is C20H16INO2S3. The van der Waals surface area contributed by atoms with Crippen LogP contribution in [0.3, 0.4) is 0 Å². The number of rotatable bonds is 2. The molecule has 0 saturated heterocycles. The van der Waals surface area contributed by atoms with Gasteiger partial charge in [-0.2, -0.15) is 0 Å². The van der Waals surface area contributed by atoms with Crippen molar-refractivity contribution in [3.05, 3.63) is 60.3 Å². The van der Waals surface area contributed by atoms with Crippen molar-refractivity contribution in [1.29, 1.82) is 0 Å². The van der Waals surface area contributed by atoms with Gasteiger partial charge in [0.05, 0.1) is 28.8 Å². The molecule has 4 rings (SSSR count). The maximum atomic E-state index is 13.6. The first-order chi connectivity index (χ1) is 12.9. The lowest BCUT2D eigenvalue weighted by Gasteiger charge is -2.43. The van der Waals surface area contributed by atoms with Gasteiger partial charge in [0.2, 0.25) is 0 Å². The number of benzene rings is 2. The monoisotopic (exact) mass is 525 g/mol. The van der Waals surface area contributed by atoms with E-state index < -0.39 is 5.54 Å². The molecule has 3 aromatic rings. The molecular weight excluding hydrogens is 509 g/mol. The summed E-state index contributed by atoms with van der Waals surface area (Å²) in [5, 5.41) is 0. The summed E-state index contributed by atoms with van der Waals surface area (Å²) in [6, 6.07) is 13.5. The van der Waals surface area contributed by atoms with Crippen molar-refractivity contribution >= 4 is 67.1 Å². The van der Waals surface area contributed by atoms with E-state index in [2.05, 4.69) is 36.4 Å². The number of halogens is 1. The van der Waals surface area contributed by atoms with Gasteiger partial charge in [-0.3, -0.25) is 9.69 Å². The minimum atomic E-state index is -0.495. The number of methoxy groups -OCH3 is 1. The molecule has 3 nitrogen and oxygen atoms in total. The molecule has 0 saturated carbocycles.